The average molecular weight is 463 g/mol. The van der Waals surface area contributed by atoms with E-state index in [4.69, 9.17) is 14.2 Å². The first-order valence-corrected chi connectivity index (χ1v) is 10.4. The van der Waals surface area contributed by atoms with Crippen molar-refractivity contribution in [3.05, 3.63) is 78.4 Å². The van der Waals surface area contributed by atoms with Crippen molar-refractivity contribution in [2.45, 2.75) is 6.42 Å². The zero-order chi connectivity index (χ0) is 23.9. The van der Waals surface area contributed by atoms with Crippen molar-refractivity contribution in [1.29, 1.82) is 0 Å². The van der Waals surface area contributed by atoms with E-state index < -0.39 is 11.9 Å². The largest absolute Gasteiger partial charge is 0.493 e. The first kappa shape index (κ1) is 22.7. The number of hydrogen-bond acceptors (Lipinski definition) is 7. The van der Waals surface area contributed by atoms with Crippen LogP contribution in [0.1, 0.15) is 5.56 Å². The molecule has 3 aromatic carbocycles. The maximum absolute atomic E-state index is 14.4. The molecular formula is C24H22FN5O4. The van der Waals surface area contributed by atoms with Crippen LogP contribution in [0.15, 0.2) is 67.0 Å². The first-order valence-electron chi connectivity index (χ1n) is 10.4. The van der Waals surface area contributed by atoms with E-state index in [0.29, 0.717) is 41.3 Å². The van der Waals surface area contributed by atoms with Gasteiger partial charge in [-0.1, -0.05) is 24.3 Å². The molecule has 0 unspecified atom stereocenters. The number of tetrazole rings is 1. The van der Waals surface area contributed by atoms with Crippen LogP contribution in [-0.4, -0.2) is 47.1 Å². The third kappa shape index (κ3) is 5.29. The zero-order valence-electron chi connectivity index (χ0n) is 18.6. The first-order chi connectivity index (χ1) is 16.6. The number of halogens is 1. The molecule has 0 radical (unpaired) electrons. The molecule has 1 N–H and O–H groups in total. The van der Waals surface area contributed by atoms with Gasteiger partial charge in [-0.2, -0.15) is 0 Å². The molecule has 4 rings (SSSR count). The minimum atomic E-state index is -0.645. The number of aromatic nitrogens is 4. The number of hydrogen-bond donors (Lipinski definition) is 1. The van der Waals surface area contributed by atoms with Gasteiger partial charge in [-0.05, 0) is 58.3 Å². The number of nitrogens with zero attached hydrogens (tertiary/aromatic N) is 4. The molecule has 1 aromatic heterocycles. The molecule has 0 aliphatic rings. The Kier molecular flexibility index (Phi) is 6.97. The van der Waals surface area contributed by atoms with Gasteiger partial charge in [0.05, 0.1) is 19.9 Å². The van der Waals surface area contributed by atoms with E-state index in [2.05, 4.69) is 20.8 Å². The lowest BCUT2D eigenvalue weighted by molar-refractivity contribution is 0.200. The number of amides is 1. The Labute approximate surface area is 195 Å². The number of benzene rings is 3. The second kappa shape index (κ2) is 10.4. The van der Waals surface area contributed by atoms with E-state index in [1.807, 2.05) is 12.1 Å². The predicted octanol–water partition coefficient (Wildman–Crippen LogP) is 3.82. The minimum Gasteiger partial charge on any atom is -0.493 e. The molecule has 0 bridgehead atoms. The van der Waals surface area contributed by atoms with E-state index in [9.17, 15) is 9.18 Å². The fraction of sp³-hybridized carbons (Fsp3) is 0.167. The van der Waals surface area contributed by atoms with Crippen molar-refractivity contribution in [3.63, 3.8) is 0 Å². The smallest absolute Gasteiger partial charge is 0.412 e. The highest BCUT2D eigenvalue weighted by Crippen LogP contribution is 2.30. The van der Waals surface area contributed by atoms with Gasteiger partial charge in [-0.25, -0.2) is 13.9 Å². The van der Waals surface area contributed by atoms with Crippen LogP contribution in [0.4, 0.5) is 9.18 Å². The summed E-state index contributed by atoms with van der Waals surface area (Å²) in [7, 11) is 3.14. The Bertz CT molecular complexity index is 1280. The molecule has 1 heterocycles. The molecular weight excluding hydrogens is 441 g/mol. The molecule has 0 spiro atoms. The van der Waals surface area contributed by atoms with E-state index in [-0.39, 0.29) is 5.75 Å². The number of ether oxygens (including phenoxy) is 3. The van der Waals surface area contributed by atoms with Crippen molar-refractivity contribution in [3.8, 4) is 34.1 Å². The topological polar surface area (TPSA) is 100 Å². The number of carbonyl (C=O) groups excluding carboxylic acids is 1. The molecule has 0 saturated carbocycles. The number of carbonyl (C=O) groups is 1. The molecule has 0 aliphatic carbocycles. The van der Waals surface area contributed by atoms with E-state index >= 15 is 0 Å². The molecule has 34 heavy (non-hydrogen) atoms. The molecule has 10 heteroatoms. The lowest BCUT2D eigenvalue weighted by Gasteiger charge is -2.12. The number of methoxy groups -OCH3 is 2. The van der Waals surface area contributed by atoms with E-state index in [1.165, 1.54) is 17.1 Å². The standard InChI is InChI=1S/C24H22FN5O4/c1-32-22-8-7-16(11-23(22)33-2)9-10-26-24(31)34-19-13-17(20-5-3-4-6-21(20)25)12-18(14-19)30-15-27-28-29-30/h3-8,11-15H,9-10H2,1-2H3,(H,26,31). The lowest BCUT2D eigenvalue weighted by atomic mass is 10.0. The van der Waals surface area contributed by atoms with Crippen molar-refractivity contribution < 1.29 is 23.4 Å². The van der Waals surface area contributed by atoms with Crippen LogP contribution in [0.5, 0.6) is 17.2 Å². The van der Waals surface area contributed by atoms with Gasteiger partial charge in [-0.15, -0.1) is 5.10 Å². The summed E-state index contributed by atoms with van der Waals surface area (Å²) < 4.78 is 31.8. The lowest BCUT2D eigenvalue weighted by Crippen LogP contribution is -2.28. The Hall–Kier alpha value is -4.47. The maximum Gasteiger partial charge on any atom is 0.412 e. The Morgan fingerprint density at radius 3 is 2.59 bits per heavy atom. The van der Waals surface area contributed by atoms with Crippen molar-refractivity contribution in [2.75, 3.05) is 20.8 Å². The van der Waals surface area contributed by atoms with Crippen LogP contribution in [0.25, 0.3) is 16.8 Å². The van der Waals surface area contributed by atoms with Gasteiger partial charge in [-0.3, -0.25) is 0 Å². The van der Waals surface area contributed by atoms with E-state index in [1.54, 1.807) is 56.7 Å². The molecule has 174 valence electrons. The Morgan fingerprint density at radius 1 is 1.03 bits per heavy atom. The van der Waals surface area contributed by atoms with Gasteiger partial charge in [0.2, 0.25) is 0 Å². The molecule has 0 saturated heterocycles. The quantitative estimate of drug-likeness (QED) is 0.424. The van der Waals surface area contributed by atoms with Gasteiger partial charge in [0.25, 0.3) is 0 Å². The van der Waals surface area contributed by atoms with Crippen LogP contribution in [0.3, 0.4) is 0 Å². The third-order valence-corrected chi connectivity index (χ3v) is 5.03. The summed E-state index contributed by atoms with van der Waals surface area (Å²) in [6, 6.07) is 16.8. The summed E-state index contributed by atoms with van der Waals surface area (Å²) in [4.78, 5) is 12.4. The predicted molar refractivity (Wildman–Crippen MR) is 122 cm³/mol. The summed E-state index contributed by atoms with van der Waals surface area (Å²) in [5.41, 5.74) is 2.34. The van der Waals surface area contributed by atoms with Crippen LogP contribution >= 0.6 is 0 Å². The minimum absolute atomic E-state index is 0.217. The normalized spacial score (nSPS) is 10.6. The summed E-state index contributed by atoms with van der Waals surface area (Å²) in [5.74, 6) is 1.06. The Morgan fingerprint density at radius 2 is 1.85 bits per heavy atom. The highest BCUT2D eigenvalue weighted by atomic mass is 19.1. The molecule has 0 fully saturated rings. The molecule has 0 atom stereocenters. The van der Waals surface area contributed by atoms with Crippen LogP contribution < -0.4 is 19.5 Å². The summed E-state index contributed by atoms with van der Waals surface area (Å²) in [6.45, 7) is 0.334. The van der Waals surface area contributed by atoms with Gasteiger partial charge >= 0.3 is 6.09 Å². The van der Waals surface area contributed by atoms with Gasteiger partial charge in [0, 0.05) is 18.2 Å². The SMILES string of the molecule is COc1ccc(CCNC(=O)Oc2cc(-c3ccccc3F)cc(-n3cnnn3)c2)cc1OC. The highest BCUT2D eigenvalue weighted by molar-refractivity contribution is 5.74. The van der Waals surface area contributed by atoms with Gasteiger partial charge in [0.1, 0.15) is 17.9 Å². The summed E-state index contributed by atoms with van der Waals surface area (Å²) >= 11 is 0. The van der Waals surface area contributed by atoms with Crippen LogP contribution in [0, 0.1) is 5.82 Å². The Balaban J connectivity index is 1.47. The molecule has 0 aliphatic heterocycles. The number of nitrogens with one attached hydrogen (secondary N) is 1. The van der Waals surface area contributed by atoms with Gasteiger partial charge < -0.3 is 19.5 Å². The zero-order valence-corrected chi connectivity index (χ0v) is 18.6. The monoisotopic (exact) mass is 463 g/mol. The summed E-state index contributed by atoms with van der Waals surface area (Å²) in [5, 5.41) is 13.8. The fourth-order valence-electron chi connectivity index (χ4n) is 3.39. The van der Waals surface area contributed by atoms with Crippen molar-refractivity contribution >= 4 is 6.09 Å². The van der Waals surface area contributed by atoms with Crippen LogP contribution in [-0.2, 0) is 6.42 Å². The molecule has 1 amide bonds. The molecule has 4 aromatic rings. The summed E-state index contributed by atoms with van der Waals surface area (Å²) in [6.07, 6.45) is 1.31. The molecule has 9 nitrogen and oxygen atoms in total. The fourth-order valence-corrected chi connectivity index (χ4v) is 3.39. The van der Waals surface area contributed by atoms with Gasteiger partial charge in [0.15, 0.2) is 11.5 Å². The number of rotatable bonds is 8. The second-order valence-corrected chi connectivity index (χ2v) is 7.21. The van der Waals surface area contributed by atoms with E-state index in [0.717, 1.165) is 5.56 Å². The van der Waals surface area contributed by atoms with Crippen LogP contribution in [0.2, 0.25) is 0 Å². The highest BCUT2D eigenvalue weighted by Gasteiger charge is 2.13. The third-order valence-electron chi connectivity index (χ3n) is 5.03. The van der Waals surface area contributed by atoms with Crippen molar-refractivity contribution in [1.82, 2.24) is 25.5 Å². The van der Waals surface area contributed by atoms with Crippen molar-refractivity contribution in [2.24, 2.45) is 0 Å². The second-order valence-electron chi connectivity index (χ2n) is 7.21. The average Bonchev–Trinajstić information content (AvgIpc) is 3.39. The maximum atomic E-state index is 14.4.